The van der Waals surface area contributed by atoms with Crippen LogP contribution in [0.1, 0.15) is 55.7 Å². The number of ether oxygens (including phenoxy) is 1. The van der Waals surface area contributed by atoms with Crippen LogP contribution in [0.25, 0.3) is 0 Å². The van der Waals surface area contributed by atoms with E-state index in [1.54, 1.807) is 7.11 Å². The molecule has 0 spiro atoms. The Balaban J connectivity index is 2.13. The molecule has 0 heterocycles. The summed E-state index contributed by atoms with van der Waals surface area (Å²) >= 11 is 3.59. The third-order valence-electron chi connectivity index (χ3n) is 4.22. The number of hydrogen-bond acceptors (Lipinski definition) is 2. The fourth-order valence-electron chi connectivity index (χ4n) is 3.05. The van der Waals surface area contributed by atoms with E-state index in [1.807, 2.05) is 0 Å². The molecule has 1 fully saturated rings. The normalized spacial score (nSPS) is 18.3. The molecule has 1 atom stereocenters. The molecule has 0 bridgehead atoms. The number of benzene rings is 1. The summed E-state index contributed by atoms with van der Waals surface area (Å²) in [6.45, 7) is 2.07. The van der Waals surface area contributed by atoms with Crippen molar-refractivity contribution < 1.29 is 4.74 Å². The van der Waals surface area contributed by atoms with Crippen molar-refractivity contribution in [2.24, 2.45) is 11.7 Å². The maximum absolute atomic E-state index is 6.42. The molecule has 2 N–H and O–H groups in total. The molecule has 2 rings (SSSR count). The smallest absolute Gasteiger partial charge is 0.123 e. The zero-order chi connectivity index (χ0) is 13.8. The van der Waals surface area contributed by atoms with Crippen LogP contribution in [0.2, 0.25) is 0 Å². The lowest BCUT2D eigenvalue weighted by atomic mass is 9.83. The highest BCUT2D eigenvalue weighted by molar-refractivity contribution is 9.10. The Morgan fingerprint density at radius 2 is 2.00 bits per heavy atom. The lowest BCUT2D eigenvalue weighted by Gasteiger charge is -2.25. The molecule has 106 valence electrons. The molecule has 1 aliphatic rings. The first-order valence-corrected chi connectivity index (χ1v) is 8.00. The Hall–Kier alpha value is -0.540. The van der Waals surface area contributed by atoms with E-state index in [9.17, 15) is 0 Å². The van der Waals surface area contributed by atoms with Crippen molar-refractivity contribution in [3.05, 3.63) is 27.7 Å². The predicted molar refractivity (Wildman–Crippen MR) is 83.6 cm³/mol. The van der Waals surface area contributed by atoms with Crippen LogP contribution in [-0.4, -0.2) is 7.11 Å². The second-order valence-electron chi connectivity index (χ2n) is 5.69. The van der Waals surface area contributed by atoms with Crippen molar-refractivity contribution in [2.75, 3.05) is 7.11 Å². The van der Waals surface area contributed by atoms with Gasteiger partial charge in [0.25, 0.3) is 0 Å². The van der Waals surface area contributed by atoms with E-state index in [2.05, 4.69) is 35.0 Å². The first-order chi connectivity index (χ1) is 9.11. The van der Waals surface area contributed by atoms with Gasteiger partial charge in [-0.05, 0) is 37.0 Å². The molecule has 19 heavy (non-hydrogen) atoms. The van der Waals surface area contributed by atoms with E-state index in [0.29, 0.717) is 0 Å². The lowest BCUT2D eigenvalue weighted by Crippen LogP contribution is -2.18. The van der Waals surface area contributed by atoms with Gasteiger partial charge in [0.2, 0.25) is 0 Å². The molecule has 1 aromatic carbocycles. The summed E-state index contributed by atoms with van der Waals surface area (Å²) in [5.74, 6) is 1.71. The molecule has 0 saturated heterocycles. The second-order valence-corrected chi connectivity index (χ2v) is 6.54. The number of rotatable bonds is 4. The van der Waals surface area contributed by atoms with E-state index in [0.717, 1.165) is 28.1 Å². The van der Waals surface area contributed by atoms with Crippen LogP contribution in [0.5, 0.6) is 5.75 Å². The van der Waals surface area contributed by atoms with Crippen LogP contribution in [-0.2, 0) is 0 Å². The minimum atomic E-state index is 0.0787. The maximum Gasteiger partial charge on any atom is 0.123 e. The molecule has 2 nitrogen and oxygen atoms in total. The van der Waals surface area contributed by atoms with Crippen LogP contribution in [0.4, 0.5) is 0 Å². The Morgan fingerprint density at radius 3 is 2.63 bits per heavy atom. The minimum Gasteiger partial charge on any atom is -0.496 e. The average Bonchev–Trinajstić information content (AvgIpc) is 2.42. The highest BCUT2D eigenvalue weighted by atomic mass is 79.9. The first-order valence-electron chi connectivity index (χ1n) is 7.21. The summed E-state index contributed by atoms with van der Waals surface area (Å²) in [6, 6.07) is 4.27. The van der Waals surface area contributed by atoms with Crippen molar-refractivity contribution in [3.8, 4) is 5.75 Å². The van der Waals surface area contributed by atoms with E-state index < -0.39 is 0 Å². The zero-order valence-corrected chi connectivity index (χ0v) is 13.5. The SMILES string of the molecule is COc1cc(C)c(Br)cc1C(N)CC1CCCCC1. The summed E-state index contributed by atoms with van der Waals surface area (Å²) in [4.78, 5) is 0. The topological polar surface area (TPSA) is 35.2 Å². The summed E-state index contributed by atoms with van der Waals surface area (Å²) in [7, 11) is 1.72. The highest BCUT2D eigenvalue weighted by Crippen LogP contribution is 2.36. The quantitative estimate of drug-likeness (QED) is 0.867. The third kappa shape index (κ3) is 3.73. The van der Waals surface area contributed by atoms with Gasteiger partial charge in [0.05, 0.1) is 7.11 Å². The number of nitrogens with two attached hydrogens (primary N) is 1. The number of halogens is 1. The van der Waals surface area contributed by atoms with Gasteiger partial charge < -0.3 is 10.5 Å². The predicted octanol–water partition coefficient (Wildman–Crippen LogP) is 4.74. The summed E-state index contributed by atoms with van der Waals surface area (Å²) in [6.07, 6.45) is 7.88. The van der Waals surface area contributed by atoms with Gasteiger partial charge in [0.15, 0.2) is 0 Å². The van der Waals surface area contributed by atoms with Gasteiger partial charge in [-0.2, -0.15) is 0 Å². The largest absolute Gasteiger partial charge is 0.496 e. The fourth-order valence-corrected chi connectivity index (χ4v) is 3.41. The van der Waals surface area contributed by atoms with Crippen LogP contribution < -0.4 is 10.5 Å². The van der Waals surface area contributed by atoms with Gasteiger partial charge >= 0.3 is 0 Å². The minimum absolute atomic E-state index is 0.0787. The van der Waals surface area contributed by atoms with Crippen LogP contribution in [0, 0.1) is 12.8 Å². The monoisotopic (exact) mass is 325 g/mol. The molecule has 0 aliphatic heterocycles. The second kappa shape index (κ2) is 6.76. The first kappa shape index (κ1) is 14.9. The van der Waals surface area contributed by atoms with Gasteiger partial charge in [-0.1, -0.05) is 48.0 Å². The molecule has 0 amide bonds. The van der Waals surface area contributed by atoms with E-state index in [-0.39, 0.29) is 6.04 Å². The van der Waals surface area contributed by atoms with Crippen molar-refractivity contribution in [2.45, 2.75) is 51.5 Å². The van der Waals surface area contributed by atoms with E-state index >= 15 is 0 Å². The number of hydrogen-bond donors (Lipinski definition) is 1. The van der Waals surface area contributed by atoms with Gasteiger partial charge in [0, 0.05) is 16.1 Å². The Bertz CT molecular complexity index is 427. The summed E-state index contributed by atoms with van der Waals surface area (Å²) in [5, 5.41) is 0. The Kier molecular flexibility index (Phi) is 5.28. The fraction of sp³-hybridized carbons (Fsp3) is 0.625. The van der Waals surface area contributed by atoms with Gasteiger partial charge in [0.1, 0.15) is 5.75 Å². The zero-order valence-electron chi connectivity index (χ0n) is 11.9. The third-order valence-corrected chi connectivity index (χ3v) is 5.08. The summed E-state index contributed by atoms with van der Waals surface area (Å²) in [5.41, 5.74) is 8.74. The van der Waals surface area contributed by atoms with Crippen LogP contribution in [0.15, 0.2) is 16.6 Å². The molecular formula is C16H24BrNO. The molecule has 0 radical (unpaired) electrons. The van der Waals surface area contributed by atoms with Crippen LogP contribution in [0.3, 0.4) is 0 Å². The molecule has 1 unspecified atom stereocenters. The van der Waals surface area contributed by atoms with Crippen molar-refractivity contribution >= 4 is 15.9 Å². The molecule has 1 aliphatic carbocycles. The van der Waals surface area contributed by atoms with Crippen LogP contribution >= 0.6 is 15.9 Å². The van der Waals surface area contributed by atoms with Gasteiger partial charge in [-0.3, -0.25) is 0 Å². The molecule has 3 heteroatoms. The Labute approximate surface area is 124 Å². The molecule has 1 saturated carbocycles. The van der Waals surface area contributed by atoms with Gasteiger partial charge in [-0.25, -0.2) is 0 Å². The van der Waals surface area contributed by atoms with Gasteiger partial charge in [-0.15, -0.1) is 0 Å². The van der Waals surface area contributed by atoms with E-state index in [4.69, 9.17) is 10.5 Å². The van der Waals surface area contributed by atoms with E-state index in [1.165, 1.54) is 37.7 Å². The highest BCUT2D eigenvalue weighted by Gasteiger charge is 2.20. The number of methoxy groups -OCH3 is 1. The molecule has 0 aromatic heterocycles. The Morgan fingerprint density at radius 1 is 1.32 bits per heavy atom. The summed E-state index contributed by atoms with van der Waals surface area (Å²) < 4.78 is 6.60. The lowest BCUT2D eigenvalue weighted by molar-refractivity contribution is 0.315. The van der Waals surface area contributed by atoms with Crippen molar-refractivity contribution in [1.82, 2.24) is 0 Å². The molecule has 1 aromatic rings. The standard InChI is InChI=1S/C16H24BrNO/c1-11-8-16(19-2)13(10-14(11)17)15(18)9-12-6-4-3-5-7-12/h8,10,12,15H,3-7,9,18H2,1-2H3. The van der Waals surface area contributed by atoms with Crippen molar-refractivity contribution in [3.63, 3.8) is 0 Å². The average molecular weight is 326 g/mol. The maximum atomic E-state index is 6.42. The number of aryl methyl sites for hydroxylation is 1. The van der Waals surface area contributed by atoms with Crippen molar-refractivity contribution in [1.29, 1.82) is 0 Å². The molecular weight excluding hydrogens is 302 g/mol.